The lowest BCUT2D eigenvalue weighted by Gasteiger charge is -2.22. The van der Waals surface area contributed by atoms with Crippen LogP contribution in [0.4, 0.5) is 9.18 Å². The van der Waals surface area contributed by atoms with Gasteiger partial charge < -0.3 is 9.64 Å². The lowest BCUT2D eigenvalue weighted by molar-refractivity contribution is 0.0921. The van der Waals surface area contributed by atoms with Gasteiger partial charge in [0.1, 0.15) is 5.82 Å². The highest BCUT2D eigenvalue weighted by molar-refractivity contribution is 7.09. The third kappa shape index (κ3) is 5.04. The molecular formula is C16H18FN3O3S. The first-order valence-corrected chi connectivity index (χ1v) is 8.11. The number of thiophene rings is 1. The van der Waals surface area contributed by atoms with Crippen LogP contribution in [-0.4, -0.2) is 37.1 Å². The van der Waals surface area contributed by atoms with Crippen molar-refractivity contribution in [1.29, 1.82) is 0 Å². The Bertz CT molecular complexity index is 679. The Kier molecular flexibility index (Phi) is 6.71. The number of hydrogen-bond acceptors (Lipinski definition) is 4. The number of nitrogens with zero attached hydrogens (tertiary/aromatic N) is 1. The fraction of sp³-hybridized carbons (Fsp3) is 0.250. The summed E-state index contributed by atoms with van der Waals surface area (Å²) in [6, 6.07) is 8.86. The summed E-state index contributed by atoms with van der Waals surface area (Å²) < 4.78 is 18.5. The second-order valence-electron chi connectivity index (χ2n) is 4.86. The van der Waals surface area contributed by atoms with Gasteiger partial charge in [-0.25, -0.2) is 14.6 Å². The predicted molar refractivity (Wildman–Crippen MR) is 89.0 cm³/mol. The van der Waals surface area contributed by atoms with Gasteiger partial charge in [0, 0.05) is 18.5 Å². The van der Waals surface area contributed by atoms with E-state index >= 15 is 0 Å². The van der Waals surface area contributed by atoms with Gasteiger partial charge in [-0.2, -0.15) is 0 Å². The van der Waals surface area contributed by atoms with Crippen LogP contribution in [0.2, 0.25) is 0 Å². The molecule has 2 rings (SSSR count). The molecule has 8 heteroatoms. The molecule has 3 amide bonds. The Morgan fingerprint density at radius 3 is 2.67 bits per heavy atom. The summed E-state index contributed by atoms with van der Waals surface area (Å²) in [5.74, 6) is -1.37. The molecule has 0 bridgehead atoms. The second-order valence-corrected chi connectivity index (χ2v) is 5.89. The van der Waals surface area contributed by atoms with Gasteiger partial charge in [0.15, 0.2) is 0 Å². The van der Waals surface area contributed by atoms with E-state index in [0.717, 1.165) is 4.88 Å². The monoisotopic (exact) mass is 351 g/mol. The van der Waals surface area contributed by atoms with Crippen LogP contribution >= 0.6 is 11.3 Å². The van der Waals surface area contributed by atoms with Crippen LogP contribution in [0.15, 0.2) is 41.8 Å². The molecule has 1 aromatic carbocycles. The van der Waals surface area contributed by atoms with Crippen LogP contribution < -0.4 is 10.9 Å². The molecular weight excluding hydrogens is 333 g/mol. The Balaban J connectivity index is 1.94. The van der Waals surface area contributed by atoms with E-state index in [9.17, 15) is 14.0 Å². The van der Waals surface area contributed by atoms with Crippen molar-refractivity contribution in [3.63, 3.8) is 0 Å². The molecule has 0 aliphatic rings. The minimum atomic E-state index is -0.718. The first-order valence-electron chi connectivity index (χ1n) is 7.23. The van der Waals surface area contributed by atoms with Gasteiger partial charge in [-0.05, 0) is 23.6 Å². The minimum absolute atomic E-state index is 0.139. The number of benzene rings is 1. The fourth-order valence-electron chi connectivity index (χ4n) is 1.95. The highest BCUT2D eigenvalue weighted by Crippen LogP contribution is 2.12. The first kappa shape index (κ1) is 17.9. The lowest BCUT2D eigenvalue weighted by Crippen LogP contribution is -2.49. The van der Waals surface area contributed by atoms with Gasteiger partial charge in [0.2, 0.25) is 0 Å². The standard InChI is InChI=1S/C16H18FN3O3S/c1-23-9-8-20(11-12-5-4-10-24-12)16(22)19-18-15(21)13-6-2-3-7-14(13)17/h2-7,10H,8-9,11H2,1H3,(H,18,21)(H,19,22). The average Bonchev–Trinajstić information content (AvgIpc) is 3.09. The highest BCUT2D eigenvalue weighted by atomic mass is 32.1. The number of hydrazine groups is 1. The SMILES string of the molecule is COCCN(Cc1cccs1)C(=O)NNC(=O)c1ccccc1F. The fourth-order valence-corrected chi connectivity index (χ4v) is 2.67. The summed E-state index contributed by atoms with van der Waals surface area (Å²) in [6.45, 7) is 1.11. The number of hydrogen-bond donors (Lipinski definition) is 2. The van der Waals surface area contributed by atoms with Gasteiger partial charge >= 0.3 is 6.03 Å². The van der Waals surface area contributed by atoms with Crippen molar-refractivity contribution >= 4 is 23.3 Å². The average molecular weight is 351 g/mol. The summed E-state index contributed by atoms with van der Waals surface area (Å²) in [5.41, 5.74) is 4.38. The molecule has 0 unspecified atom stereocenters. The van der Waals surface area contributed by atoms with Crippen molar-refractivity contribution in [2.24, 2.45) is 0 Å². The molecule has 0 fully saturated rings. The molecule has 0 aliphatic carbocycles. The maximum atomic E-state index is 13.5. The van der Waals surface area contributed by atoms with E-state index in [0.29, 0.717) is 19.7 Å². The molecule has 1 heterocycles. The van der Waals surface area contributed by atoms with E-state index in [-0.39, 0.29) is 5.56 Å². The molecule has 24 heavy (non-hydrogen) atoms. The Morgan fingerprint density at radius 2 is 2.00 bits per heavy atom. The number of rotatable bonds is 6. The molecule has 0 saturated carbocycles. The smallest absolute Gasteiger partial charge is 0.336 e. The van der Waals surface area contributed by atoms with Crippen LogP contribution in [0.1, 0.15) is 15.2 Å². The highest BCUT2D eigenvalue weighted by Gasteiger charge is 2.16. The van der Waals surface area contributed by atoms with E-state index in [1.165, 1.54) is 34.4 Å². The molecule has 0 radical (unpaired) electrons. The molecule has 0 aliphatic heterocycles. The summed E-state index contributed by atoms with van der Waals surface area (Å²) in [6.07, 6.45) is 0. The maximum absolute atomic E-state index is 13.5. The number of urea groups is 1. The Labute approximate surface area is 143 Å². The summed E-state index contributed by atoms with van der Waals surface area (Å²) in [5, 5.41) is 1.92. The first-order chi connectivity index (χ1) is 11.6. The van der Waals surface area contributed by atoms with Crippen molar-refractivity contribution in [2.75, 3.05) is 20.3 Å². The van der Waals surface area contributed by atoms with Crippen LogP contribution in [0.3, 0.4) is 0 Å². The third-order valence-corrected chi connectivity index (χ3v) is 4.04. The van der Waals surface area contributed by atoms with E-state index in [2.05, 4.69) is 10.9 Å². The zero-order chi connectivity index (χ0) is 17.4. The quantitative estimate of drug-likeness (QED) is 0.785. The lowest BCUT2D eigenvalue weighted by atomic mass is 10.2. The van der Waals surface area contributed by atoms with Gasteiger partial charge in [-0.3, -0.25) is 10.2 Å². The van der Waals surface area contributed by atoms with Crippen molar-refractivity contribution in [1.82, 2.24) is 15.8 Å². The van der Waals surface area contributed by atoms with E-state index < -0.39 is 17.8 Å². The summed E-state index contributed by atoms with van der Waals surface area (Å²) >= 11 is 1.53. The van der Waals surface area contributed by atoms with Crippen LogP contribution in [0.5, 0.6) is 0 Å². The van der Waals surface area contributed by atoms with Gasteiger partial charge in [0.05, 0.1) is 18.7 Å². The van der Waals surface area contributed by atoms with E-state index in [1.54, 1.807) is 13.2 Å². The molecule has 128 valence electrons. The Hall–Kier alpha value is -2.45. The van der Waals surface area contributed by atoms with Crippen molar-refractivity contribution < 1.29 is 18.7 Å². The largest absolute Gasteiger partial charge is 0.383 e. The third-order valence-electron chi connectivity index (χ3n) is 3.18. The normalized spacial score (nSPS) is 10.2. The molecule has 1 aromatic heterocycles. The molecule has 2 aromatic rings. The second kappa shape index (κ2) is 8.99. The predicted octanol–water partition coefficient (Wildman–Crippen LogP) is 2.39. The number of ether oxygens (including phenoxy) is 1. The number of amides is 3. The minimum Gasteiger partial charge on any atom is -0.383 e. The van der Waals surface area contributed by atoms with Crippen LogP contribution in [-0.2, 0) is 11.3 Å². The topological polar surface area (TPSA) is 70.7 Å². The van der Waals surface area contributed by atoms with Gasteiger partial charge in [-0.1, -0.05) is 18.2 Å². The van der Waals surface area contributed by atoms with E-state index in [4.69, 9.17) is 4.74 Å². The van der Waals surface area contributed by atoms with Gasteiger partial charge in [-0.15, -0.1) is 11.3 Å². The van der Waals surface area contributed by atoms with Crippen molar-refractivity contribution in [3.8, 4) is 0 Å². The van der Waals surface area contributed by atoms with Crippen LogP contribution in [0, 0.1) is 5.82 Å². The molecule has 6 nitrogen and oxygen atoms in total. The van der Waals surface area contributed by atoms with Crippen molar-refractivity contribution in [2.45, 2.75) is 6.54 Å². The molecule has 0 spiro atoms. The maximum Gasteiger partial charge on any atom is 0.336 e. The number of methoxy groups -OCH3 is 1. The van der Waals surface area contributed by atoms with Crippen molar-refractivity contribution in [3.05, 3.63) is 58.0 Å². The zero-order valence-electron chi connectivity index (χ0n) is 13.1. The summed E-state index contributed by atoms with van der Waals surface area (Å²) in [7, 11) is 1.54. The number of carbonyl (C=O) groups excluding carboxylic acids is 2. The van der Waals surface area contributed by atoms with E-state index in [1.807, 2.05) is 17.5 Å². The van der Waals surface area contributed by atoms with Gasteiger partial charge in [0.25, 0.3) is 5.91 Å². The number of nitrogens with one attached hydrogen (secondary N) is 2. The number of halogens is 1. The zero-order valence-corrected chi connectivity index (χ0v) is 13.9. The Morgan fingerprint density at radius 1 is 1.21 bits per heavy atom. The molecule has 2 N–H and O–H groups in total. The molecule has 0 saturated heterocycles. The summed E-state index contributed by atoms with van der Waals surface area (Å²) in [4.78, 5) is 26.7. The molecule has 0 atom stereocenters. The number of carbonyl (C=O) groups is 2. The van der Waals surface area contributed by atoms with Crippen LogP contribution in [0.25, 0.3) is 0 Å².